The molecule has 2 rings (SSSR count). The second kappa shape index (κ2) is 6.67. The summed E-state index contributed by atoms with van der Waals surface area (Å²) in [6.45, 7) is 3.67. The predicted molar refractivity (Wildman–Crippen MR) is 77.4 cm³/mol. The van der Waals surface area contributed by atoms with Crippen LogP contribution in [0.2, 0.25) is 0 Å². The summed E-state index contributed by atoms with van der Waals surface area (Å²) in [5, 5.41) is 0. The first-order chi connectivity index (χ1) is 10.1. The monoisotopic (exact) mass is 295 g/mol. The van der Waals surface area contributed by atoms with Gasteiger partial charge in [0.05, 0.1) is 34.0 Å². The summed E-state index contributed by atoms with van der Waals surface area (Å²) in [6, 6.07) is 3.34. The largest absolute Gasteiger partial charge is 0.493 e. The molecule has 1 aromatic carbocycles. The molecule has 0 spiro atoms. The Labute approximate surface area is 124 Å². The highest BCUT2D eigenvalue weighted by Gasteiger charge is 2.25. The van der Waals surface area contributed by atoms with Crippen molar-refractivity contribution in [1.29, 1.82) is 0 Å². The molecule has 21 heavy (non-hydrogen) atoms. The van der Waals surface area contributed by atoms with Crippen LogP contribution >= 0.6 is 0 Å². The van der Waals surface area contributed by atoms with Crippen molar-refractivity contribution >= 4 is 5.91 Å². The molecule has 1 heterocycles. The van der Waals surface area contributed by atoms with Crippen LogP contribution < -0.4 is 14.2 Å². The lowest BCUT2D eigenvalue weighted by Gasteiger charge is -2.31. The fourth-order valence-corrected chi connectivity index (χ4v) is 2.39. The van der Waals surface area contributed by atoms with E-state index in [2.05, 4.69) is 0 Å². The molecular weight excluding hydrogens is 274 g/mol. The number of nitrogens with zero attached hydrogens (tertiary/aromatic N) is 1. The summed E-state index contributed by atoms with van der Waals surface area (Å²) in [7, 11) is 4.59. The van der Waals surface area contributed by atoms with E-state index in [4.69, 9.17) is 18.9 Å². The number of amides is 1. The van der Waals surface area contributed by atoms with Crippen LogP contribution in [0.1, 0.15) is 17.3 Å². The fraction of sp³-hybridized carbons (Fsp3) is 0.533. The van der Waals surface area contributed by atoms with Gasteiger partial charge in [-0.15, -0.1) is 0 Å². The van der Waals surface area contributed by atoms with Crippen molar-refractivity contribution in [3.63, 3.8) is 0 Å². The lowest BCUT2D eigenvalue weighted by Crippen LogP contribution is -2.44. The first-order valence-corrected chi connectivity index (χ1v) is 6.81. The molecule has 1 fully saturated rings. The minimum Gasteiger partial charge on any atom is -0.493 e. The Bertz CT molecular complexity index is 492. The Morgan fingerprint density at radius 1 is 1.19 bits per heavy atom. The maximum atomic E-state index is 12.6. The van der Waals surface area contributed by atoms with E-state index in [9.17, 15) is 4.79 Å². The fourth-order valence-electron chi connectivity index (χ4n) is 2.39. The molecule has 6 nitrogen and oxygen atoms in total. The number of hydrogen-bond donors (Lipinski definition) is 0. The first kappa shape index (κ1) is 15.4. The highest BCUT2D eigenvalue weighted by molar-refractivity contribution is 5.95. The van der Waals surface area contributed by atoms with Gasteiger partial charge in [-0.1, -0.05) is 0 Å². The zero-order valence-corrected chi connectivity index (χ0v) is 12.8. The number of hydrogen-bond acceptors (Lipinski definition) is 5. The average molecular weight is 295 g/mol. The standard InChI is InChI=1S/C15H21NO5/c1-10-9-16(5-6-21-10)15(17)11-7-12(18-2)14(20-4)13(8-11)19-3/h7-8,10H,5-6,9H2,1-4H3/t10-/m0/s1. The van der Waals surface area contributed by atoms with Gasteiger partial charge in [0.1, 0.15) is 0 Å². The minimum atomic E-state index is -0.0654. The van der Waals surface area contributed by atoms with Gasteiger partial charge in [0.25, 0.3) is 5.91 Å². The summed E-state index contributed by atoms with van der Waals surface area (Å²) in [4.78, 5) is 14.4. The maximum Gasteiger partial charge on any atom is 0.254 e. The van der Waals surface area contributed by atoms with Crippen LogP contribution in [0.3, 0.4) is 0 Å². The van der Waals surface area contributed by atoms with Crippen LogP contribution in [0.25, 0.3) is 0 Å². The minimum absolute atomic E-state index is 0.0461. The topological polar surface area (TPSA) is 57.2 Å². The highest BCUT2D eigenvalue weighted by atomic mass is 16.5. The molecule has 116 valence electrons. The summed E-state index contributed by atoms with van der Waals surface area (Å²) in [5.41, 5.74) is 0.513. The number of ether oxygens (including phenoxy) is 4. The van der Waals surface area contributed by atoms with E-state index in [0.717, 1.165) is 0 Å². The SMILES string of the molecule is COc1cc(C(=O)N2CCO[C@@H](C)C2)cc(OC)c1OC. The molecule has 1 aliphatic heterocycles. The average Bonchev–Trinajstić information content (AvgIpc) is 2.52. The van der Waals surface area contributed by atoms with Crippen molar-refractivity contribution in [2.45, 2.75) is 13.0 Å². The van der Waals surface area contributed by atoms with Gasteiger partial charge in [0.2, 0.25) is 5.75 Å². The van der Waals surface area contributed by atoms with Gasteiger partial charge >= 0.3 is 0 Å². The number of rotatable bonds is 4. The van der Waals surface area contributed by atoms with Crippen molar-refractivity contribution in [2.24, 2.45) is 0 Å². The van der Waals surface area contributed by atoms with Crippen molar-refractivity contribution in [1.82, 2.24) is 4.90 Å². The van der Waals surface area contributed by atoms with E-state index in [0.29, 0.717) is 42.5 Å². The van der Waals surface area contributed by atoms with Gasteiger partial charge in [0, 0.05) is 18.7 Å². The van der Waals surface area contributed by atoms with E-state index in [1.807, 2.05) is 6.92 Å². The van der Waals surface area contributed by atoms with Crippen molar-refractivity contribution in [3.05, 3.63) is 17.7 Å². The molecule has 0 saturated carbocycles. The van der Waals surface area contributed by atoms with Gasteiger partial charge < -0.3 is 23.8 Å². The van der Waals surface area contributed by atoms with Crippen LogP contribution in [-0.2, 0) is 4.74 Å². The zero-order chi connectivity index (χ0) is 15.4. The van der Waals surface area contributed by atoms with Crippen LogP contribution in [-0.4, -0.2) is 57.9 Å². The Morgan fingerprint density at radius 3 is 2.29 bits per heavy atom. The lowest BCUT2D eigenvalue weighted by molar-refractivity contribution is -0.0124. The summed E-state index contributed by atoms with van der Waals surface area (Å²) < 4.78 is 21.3. The number of benzene rings is 1. The van der Waals surface area contributed by atoms with E-state index >= 15 is 0 Å². The molecule has 1 atom stereocenters. The Morgan fingerprint density at radius 2 is 1.81 bits per heavy atom. The number of carbonyl (C=O) groups excluding carboxylic acids is 1. The van der Waals surface area contributed by atoms with Crippen LogP contribution in [0, 0.1) is 0 Å². The molecule has 1 aliphatic rings. The van der Waals surface area contributed by atoms with Crippen LogP contribution in [0.15, 0.2) is 12.1 Å². The van der Waals surface area contributed by atoms with E-state index in [1.54, 1.807) is 17.0 Å². The summed E-state index contributed by atoms with van der Waals surface area (Å²) >= 11 is 0. The third kappa shape index (κ3) is 3.21. The molecular formula is C15H21NO5. The molecule has 1 aromatic rings. The van der Waals surface area contributed by atoms with E-state index in [1.165, 1.54) is 21.3 Å². The van der Waals surface area contributed by atoms with Crippen LogP contribution in [0.4, 0.5) is 0 Å². The zero-order valence-electron chi connectivity index (χ0n) is 12.8. The molecule has 1 saturated heterocycles. The Balaban J connectivity index is 2.32. The van der Waals surface area contributed by atoms with Gasteiger partial charge in [0.15, 0.2) is 11.5 Å². The van der Waals surface area contributed by atoms with Crippen molar-refractivity contribution < 1.29 is 23.7 Å². The molecule has 0 aromatic heterocycles. The van der Waals surface area contributed by atoms with Gasteiger partial charge in [-0.25, -0.2) is 0 Å². The highest BCUT2D eigenvalue weighted by Crippen LogP contribution is 2.38. The molecule has 0 unspecified atom stereocenters. The molecule has 0 radical (unpaired) electrons. The van der Waals surface area contributed by atoms with E-state index < -0.39 is 0 Å². The van der Waals surface area contributed by atoms with Crippen LogP contribution in [0.5, 0.6) is 17.2 Å². The summed E-state index contributed by atoms with van der Waals surface area (Å²) in [6.07, 6.45) is 0.0461. The number of carbonyl (C=O) groups is 1. The molecule has 6 heteroatoms. The van der Waals surface area contributed by atoms with Gasteiger partial charge in [-0.05, 0) is 19.1 Å². The van der Waals surface area contributed by atoms with E-state index in [-0.39, 0.29) is 12.0 Å². The molecule has 0 N–H and O–H groups in total. The third-order valence-corrected chi connectivity index (χ3v) is 3.44. The lowest BCUT2D eigenvalue weighted by atomic mass is 10.1. The third-order valence-electron chi connectivity index (χ3n) is 3.44. The Hall–Kier alpha value is -1.95. The Kier molecular flexibility index (Phi) is 4.90. The molecule has 0 bridgehead atoms. The second-order valence-electron chi connectivity index (χ2n) is 4.85. The van der Waals surface area contributed by atoms with Gasteiger partial charge in [-0.2, -0.15) is 0 Å². The molecule has 1 amide bonds. The molecule has 0 aliphatic carbocycles. The normalized spacial score (nSPS) is 18.3. The van der Waals surface area contributed by atoms with Crippen molar-refractivity contribution in [2.75, 3.05) is 41.0 Å². The number of methoxy groups -OCH3 is 3. The first-order valence-electron chi connectivity index (χ1n) is 6.81. The van der Waals surface area contributed by atoms with Crippen molar-refractivity contribution in [3.8, 4) is 17.2 Å². The van der Waals surface area contributed by atoms with Gasteiger partial charge in [-0.3, -0.25) is 4.79 Å². The summed E-state index contributed by atoms with van der Waals surface area (Å²) in [5.74, 6) is 1.36. The quantitative estimate of drug-likeness (QED) is 0.844. The second-order valence-corrected chi connectivity index (χ2v) is 4.85. The number of morpholine rings is 1. The maximum absolute atomic E-state index is 12.6. The predicted octanol–water partition coefficient (Wildman–Crippen LogP) is 1.57. The smallest absolute Gasteiger partial charge is 0.254 e.